The highest BCUT2D eigenvalue weighted by Crippen LogP contribution is 2.45. The number of hydrogen-bond acceptors (Lipinski definition) is 7. The standard InChI is InChI=1S/C13H19N3O3S/c1-8(2)15-7-14-16-9(3)11(20-13(15)16)10(6-18-4)12(17)19-5/h6-8,13H,1-5H3/b10-6+. The van der Waals surface area contributed by atoms with Crippen molar-refractivity contribution in [3.63, 3.8) is 0 Å². The Kier molecular flexibility index (Phi) is 4.27. The first-order chi connectivity index (χ1) is 9.51. The van der Waals surface area contributed by atoms with Gasteiger partial charge >= 0.3 is 5.97 Å². The second kappa shape index (κ2) is 5.78. The van der Waals surface area contributed by atoms with Crippen LogP contribution in [0.1, 0.15) is 20.8 Å². The number of hydrogen-bond donors (Lipinski definition) is 0. The van der Waals surface area contributed by atoms with E-state index in [2.05, 4.69) is 23.8 Å². The molecule has 7 heteroatoms. The molecule has 0 aromatic rings. The smallest absolute Gasteiger partial charge is 0.342 e. The number of methoxy groups -OCH3 is 2. The Morgan fingerprint density at radius 2 is 2.20 bits per heavy atom. The van der Waals surface area contributed by atoms with Crippen molar-refractivity contribution < 1.29 is 14.3 Å². The van der Waals surface area contributed by atoms with Gasteiger partial charge in [0, 0.05) is 10.9 Å². The second-order valence-corrected chi connectivity index (χ2v) is 5.80. The van der Waals surface area contributed by atoms with Crippen molar-refractivity contribution in [3.8, 4) is 0 Å². The number of allylic oxidation sites excluding steroid dienone is 1. The van der Waals surface area contributed by atoms with E-state index in [0.717, 1.165) is 10.6 Å². The first-order valence-electron chi connectivity index (χ1n) is 6.31. The third-order valence-electron chi connectivity index (χ3n) is 3.15. The van der Waals surface area contributed by atoms with Crippen LogP contribution in [0.5, 0.6) is 0 Å². The van der Waals surface area contributed by atoms with Crippen LogP contribution in [-0.2, 0) is 14.3 Å². The Bertz CT molecular complexity index is 499. The Labute approximate surface area is 123 Å². The third-order valence-corrected chi connectivity index (χ3v) is 4.56. The third kappa shape index (κ3) is 2.37. The van der Waals surface area contributed by atoms with Crippen LogP contribution in [0.2, 0.25) is 0 Å². The van der Waals surface area contributed by atoms with Crippen molar-refractivity contribution in [1.82, 2.24) is 9.91 Å². The second-order valence-electron chi connectivity index (χ2n) is 4.73. The number of ether oxygens (including phenoxy) is 2. The van der Waals surface area contributed by atoms with Crippen LogP contribution in [0.15, 0.2) is 27.5 Å². The van der Waals surface area contributed by atoms with Crippen LogP contribution in [0.25, 0.3) is 0 Å². The fraction of sp³-hybridized carbons (Fsp3) is 0.538. The maximum absolute atomic E-state index is 11.9. The highest BCUT2D eigenvalue weighted by molar-refractivity contribution is 8.04. The zero-order valence-electron chi connectivity index (χ0n) is 12.3. The highest BCUT2D eigenvalue weighted by atomic mass is 32.2. The lowest BCUT2D eigenvalue weighted by atomic mass is 10.2. The predicted octanol–water partition coefficient (Wildman–Crippen LogP) is 1.92. The fourth-order valence-electron chi connectivity index (χ4n) is 2.08. The van der Waals surface area contributed by atoms with Gasteiger partial charge in [-0.25, -0.2) is 9.80 Å². The molecule has 2 heterocycles. The van der Waals surface area contributed by atoms with Crippen LogP contribution >= 0.6 is 11.8 Å². The number of carbonyl (C=O) groups is 1. The lowest BCUT2D eigenvalue weighted by Gasteiger charge is -2.27. The molecular formula is C13H19N3O3S. The van der Waals surface area contributed by atoms with Crippen LogP contribution in [0.3, 0.4) is 0 Å². The molecule has 2 aliphatic rings. The monoisotopic (exact) mass is 297 g/mol. The van der Waals surface area contributed by atoms with Crippen molar-refractivity contribution in [2.24, 2.45) is 5.10 Å². The van der Waals surface area contributed by atoms with Crippen LogP contribution in [0.4, 0.5) is 0 Å². The molecule has 2 rings (SSSR count). The van der Waals surface area contributed by atoms with E-state index in [0.29, 0.717) is 11.6 Å². The van der Waals surface area contributed by atoms with Gasteiger partial charge < -0.3 is 14.4 Å². The molecule has 0 spiro atoms. The van der Waals surface area contributed by atoms with Gasteiger partial charge in [0.2, 0.25) is 0 Å². The molecule has 0 aliphatic carbocycles. The fourth-order valence-corrected chi connectivity index (χ4v) is 3.55. The molecule has 0 saturated heterocycles. The topological polar surface area (TPSA) is 54.4 Å². The summed E-state index contributed by atoms with van der Waals surface area (Å²) < 4.78 is 9.82. The normalized spacial score (nSPS) is 21.9. The Morgan fingerprint density at radius 1 is 1.50 bits per heavy atom. The maximum atomic E-state index is 11.9. The number of rotatable bonds is 4. The maximum Gasteiger partial charge on any atom is 0.342 e. The van der Waals surface area contributed by atoms with E-state index in [9.17, 15) is 4.79 Å². The van der Waals surface area contributed by atoms with Crippen molar-refractivity contribution in [2.75, 3.05) is 14.2 Å². The lowest BCUT2D eigenvalue weighted by molar-refractivity contribution is -0.135. The quantitative estimate of drug-likeness (QED) is 0.449. The van der Waals surface area contributed by atoms with Gasteiger partial charge in [0.25, 0.3) is 0 Å². The summed E-state index contributed by atoms with van der Waals surface area (Å²) in [5.41, 5.74) is 1.40. The molecule has 6 nitrogen and oxygen atoms in total. The Hall–Kier alpha value is -1.63. The van der Waals surface area contributed by atoms with Crippen LogP contribution < -0.4 is 0 Å². The predicted molar refractivity (Wildman–Crippen MR) is 78.5 cm³/mol. The molecule has 0 aromatic carbocycles. The SMILES string of the molecule is CO/C=C(/C(=O)OC)C1=C(C)N2N=CN(C(C)C)C2S1. The summed E-state index contributed by atoms with van der Waals surface area (Å²) in [7, 11) is 2.87. The zero-order chi connectivity index (χ0) is 14.9. The van der Waals surface area contributed by atoms with E-state index in [-0.39, 0.29) is 5.50 Å². The van der Waals surface area contributed by atoms with Gasteiger partial charge in [-0.3, -0.25) is 0 Å². The van der Waals surface area contributed by atoms with Crippen molar-refractivity contribution in [3.05, 3.63) is 22.4 Å². The summed E-state index contributed by atoms with van der Waals surface area (Å²) in [4.78, 5) is 14.9. The molecule has 110 valence electrons. The van der Waals surface area contributed by atoms with E-state index in [4.69, 9.17) is 9.47 Å². The summed E-state index contributed by atoms with van der Waals surface area (Å²) in [6, 6.07) is 0.335. The first-order valence-corrected chi connectivity index (χ1v) is 7.19. The number of fused-ring (bicyclic) bond motifs is 1. The minimum Gasteiger partial charge on any atom is -0.503 e. The molecule has 0 amide bonds. The van der Waals surface area contributed by atoms with E-state index >= 15 is 0 Å². The average molecular weight is 297 g/mol. The summed E-state index contributed by atoms with van der Waals surface area (Å²) in [6.45, 7) is 6.15. The molecule has 1 unspecified atom stereocenters. The van der Waals surface area contributed by atoms with Crippen molar-refractivity contribution >= 4 is 24.1 Å². The van der Waals surface area contributed by atoms with Gasteiger partial charge in [-0.2, -0.15) is 5.10 Å². The molecule has 0 aromatic heterocycles. The number of hydrazone groups is 1. The molecule has 0 fully saturated rings. The summed E-state index contributed by atoms with van der Waals surface area (Å²) >= 11 is 1.57. The average Bonchev–Trinajstić information content (AvgIpc) is 2.96. The van der Waals surface area contributed by atoms with Gasteiger partial charge in [-0.1, -0.05) is 11.8 Å². The Balaban J connectivity index is 2.30. The molecule has 2 aliphatic heterocycles. The summed E-state index contributed by atoms with van der Waals surface area (Å²) in [5, 5.41) is 6.30. The first kappa shape index (κ1) is 14.8. The number of carbonyl (C=O) groups excluding carboxylic acids is 1. The lowest BCUT2D eigenvalue weighted by Crippen LogP contribution is -2.38. The van der Waals surface area contributed by atoms with Crippen LogP contribution in [-0.4, -0.2) is 48.0 Å². The number of thioether (sulfide) groups is 1. The number of nitrogens with zero attached hydrogens (tertiary/aromatic N) is 3. The number of esters is 1. The molecule has 0 N–H and O–H groups in total. The van der Waals surface area contributed by atoms with Crippen LogP contribution in [0, 0.1) is 0 Å². The minimum atomic E-state index is -0.407. The molecule has 0 bridgehead atoms. The van der Waals surface area contributed by atoms with Gasteiger partial charge in [0.15, 0.2) is 5.50 Å². The molecule has 0 radical (unpaired) electrons. The largest absolute Gasteiger partial charge is 0.503 e. The molecular weight excluding hydrogens is 278 g/mol. The van der Waals surface area contributed by atoms with Gasteiger partial charge in [-0.15, -0.1) is 0 Å². The summed E-state index contributed by atoms with van der Waals surface area (Å²) in [6.07, 6.45) is 3.25. The molecule has 0 saturated carbocycles. The van der Waals surface area contributed by atoms with E-state index in [1.807, 2.05) is 18.3 Å². The van der Waals surface area contributed by atoms with Gasteiger partial charge in [0.1, 0.15) is 11.9 Å². The van der Waals surface area contributed by atoms with Crippen molar-refractivity contribution in [1.29, 1.82) is 0 Å². The summed E-state index contributed by atoms with van der Waals surface area (Å²) in [5.74, 6) is -0.407. The van der Waals surface area contributed by atoms with Gasteiger partial charge in [-0.05, 0) is 20.8 Å². The van der Waals surface area contributed by atoms with Crippen molar-refractivity contribution in [2.45, 2.75) is 32.3 Å². The highest BCUT2D eigenvalue weighted by Gasteiger charge is 2.41. The molecule has 1 atom stereocenters. The Morgan fingerprint density at radius 3 is 2.75 bits per heavy atom. The minimum absolute atomic E-state index is 0.0508. The zero-order valence-corrected chi connectivity index (χ0v) is 13.1. The van der Waals surface area contributed by atoms with E-state index in [1.165, 1.54) is 20.5 Å². The van der Waals surface area contributed by atoms with E-state index < -0.39 is 5.97 Å². The van der Waals surface area contributed by atoms with Gasteiger partial charge in [0.05, 0.1) is 26.2 Å². The van der Waals surface area contributed by atoms with E-state index in [1.54, 1.807) is 11.8 Å². The molecule has 20 heavy (non-hydrogen) atoms.